The Morgan fingerprint density at radius 3 is 1.77 bits per heavy atom. The van der Waals surface area contributed by atoms with E-state index in [0.717, 1.165) is 32.1 Å². The molecule has 1 rings (SSSR count). The summed E-state index contributed by atoms with van der Waals surface area (Å²) in [5.74, 6) is -2.17. The third-order valence-corrected chi connectivity index (χ3v) is 7.04. The minimum atomic E-state index is -0.870. The van der Waals surface area contributed by atoms with Gasteiger partial charge in [-0.2, -0.15) is 0 Å². The predicted octanol–water partition coefficient (Wildman–Crippen LogP) is 7.72. The number of carbonyl (C=O) groups is 3. The molecule has 1 saturated carbocycles. The summed E-state index contributed by atoms with van der Waals surface area (Å²) in [4.78, 5) is 34.2. The zero-order valence-electron chi connectivity index (χ0n) is 23.3. The molecule has 1 aliphatic rings. The first-order valence-electron chi connectivity index (χ1n) is 14.4. The van der Waals surface area contributed by atoms with E-state index in [9.17, 15) is 14.4 Å². The molecular weight excluding hydrogens is 444 g/mol. The standard InChI is InChI=1S/C17H34O2.C12H20O4/c1-4-6-7-8-9-10-11-12-13-14-15-19-17(18)16(3)5-2;1-3-8(2)16-12(15)10-7-5-4-6-9(10)11(13)14/h16H,4-15H2,1-3H3;8-10H,3-7H2,1-2H3,(H,13,14). The van der Waals surface area contributed by atoms with Crippen LogP contribution in [0.2, 0.25) is 0 Å². The normalized spacial score (nSPS) is 19.1. The van der Waals surface area contributed by atoms with E-state index in [1.807, 2.05) is 27.7 Å². The van der Waals surface area contributed by atoms with E-state index in [0.29, 0.717) is 19.4 Å². The highest BCUT2D eigenvalue weighted by Crippen LogP contribution is 2.31. The Balaban J connectivity index is 0.000000669. The van der Waals surface area contributed by atoms with E-state index in [2.05, 4.69) is 6.92 Å². The zero-order valence-corrected chi connectivity index (χ0v) is 23.3. The highest BCUT2D eigenvalue weighted by molar-refractivity contribution is 5.81. The van der Waals surface area contributed by atoms with Crippen LogP contribution in [0.15, 0.2) is 0 Å². The molecular formula is C29H54O6. The monoisotopic (exact) mass is 498 g/mol. The summed E-state index contributed by atoms with van der Waals surface area (Å²) in [5.41, 5.74) is 0. The van der Waals surface area contributed by atoms with Crippen molar-refractivity contribution in [1.29, 1.82) is 0 Å². The molecule has 4 atom stereocenters. The fraction of sp³-hybridized carbons (Fsp3) is 0.897. The molecule has 0 spiro atoms. The topological polar surface area (TPSA) is 89.9 Å². The average molecular weight is 499 g/mol. The van der Waals surface area contributed by atoms with Crippen LogP contribution in [0.25, 0.3) is 0 Å². The molecule has 0 aliphatic heterocycles. The maximum Gasteiger partial charge on any atom is 0.310 e. The Morgan fingerprint density at radius 1 is 0.771 bits per heavy atom. The first-order valence-corrected chi connectivity index (χ1v) is 14.4. The van der Waals surface area contributed by atoms with Crippen LogP contribution in [0.1, 0.15) is 137 Å². The van der Waals surface area contributed by atoms with Gasteiger partial charge in [-0.05, 0) is 39.0 Å². The number of carboxylic acids is 1. The van der Waals surface area contributed by atoms with Gasteiger partial charge < -0.3 is 14.6 Å². The highest BCUT2D eigenvalue weighted by atomic mass is 16.5. The fourth-order valence-electron chi connectivity index (χ4n) is 4.15. The second-order valence-corrected chi connectivity index (χ2v) is 10.2. The van der Waals surface area contributed by atoms with Crippen molar-refractivity contribution in [3.63, 3.8) is 0 Å². The van der Waals surface area contributed by atoms with Crippen LogP contribution in [-0.4, -0.2) is 35.7 Å². The summed E-state index contributed by atoms with van der Waals surface area (Å²) in [6.07, 6.45) is 17.7. The molecule has 1 N–H and O–H groups in total. The number of unbranched alkanes of at least 4 members (excludes halogenated alkanes) is 9. The number of esters is 2. The summed E-state index contributed by atoms with van der Waals surface area (Å²) in [6.45, 7) is 10.6. The van der Waals surface area contributed by atoms with Crippen molar-refractivity contribution in [3.8, 4) is 0 Å². The predicted molar refractivity (Wildman–Crippen MR) is 141 cm³/mol. The Labute approximate surface area is 214 Å². The van der Waals surface area contributed by atoms with Crippen LogP contribution in [-0.2, 0) is 23.9 Å². The van der Waals surface area contributed by atoms with Crippen molar-refractivity contribution >= 4 is 17.9 Å². The molecule has 4 unspecified atom stereocenters. The molecule has 0 aromatic rings. The SMILES string of the molecule is CCC(C)OC(=O)C1CCCCC1C(=O)O.CCCCCCCCCCCCOC(=O)C(C)CC. The minimum Gasteiger partial charge on any atom is -0.481 e. The van der Waals surface area contributed by atoms with Crippen LogP contribution < -0.4 is 0 Å². The number of hydrogen-bond acceptors (Lipinski definition) is 5. The lowest BCUT2D eigenvalue weighted by molar-refractivity contribution is -0.163. The van der Waals surface area contributed by atoms with E-state index in [1.54, 1.807) is 0 Å². The Kier molecular flexibility index (Phi) is 20.7. The molecule has 35 heavy (non-hydrogen) atoms. The molecule has 0 amide bonds. The first kappa shape index (κ1) is 33.4. The summed E-state index contributed by atoms with van der Waals surface area (Å²) in [7, 11) is 0. The van der Waals surface area contributed by atoms with Gasteiger partial charge in [-0.1, -0.05) is 98.3 Å². The molecule has 6 heteroatoms. The van der Waals surface area contributed by atoms with Gasteiger partial charge in [0.1, 0.15) is 0 Å². The van der Waals surface area contributed by atoms with Crippen LogP contribution >= 0.6 is 0 Å². The molecule has 1 fully saturated rings. The number of carboxylic acid groups (broad SMARTS) is 1. The minimum absolute atomic E-state index is 0.0292. The average Bonchev–Trinajstić information content (AvgIpc) is 2.86. The summed E-state index contributed by atoms with van der Waals surface area (Å²) in [5, 5.41) is 9.04. The largest absolute Gasteiger partial charge is 0.481 e. The maximum atomic E-state index is 11.8. The Bertz CT molecular complexity index is 561. The van der Waals surface area contributed by atoms with Gasteiger partial charge in [-0.25, -0.2) is 0 Å². The van der Waals surface area contributed by atoms with Crippen LogP contribution in [0.4, 0.5) is 0 Å². The van der Waals surface area contributed by atoms with Crippen molar-refractivity contribution in [2.45, 2.75) is 143 Å². The van der Waals surface area contributed by atoms with Crippen LogP contribution in [0.5, 0.6) is 0 Å². The second-order valence-electron chi connectivity index (χ2n) is 10.2. The van der Waals surface area contributed by atoms with Crippen molar-refractivity contribution in [3.05, 3.63) is 0 Å². The third kappa shape index (κ3) is 16.7. The van der Waals surface area contributed by atoms with Crippen LogP contribution in [0, 0.1) is 17.8 Å². The molecule has 0 bridgehead atoms. The second kappa shape index (κ2) is 21.7. The van der Waals surface area contributed by atoms with Gasteiger partial charge in [0.2, 0.25) is 0 Å². The smallest absolute Gasteiger partial charge is 0.310 e. The van der Waals surface area contributed by atoms with Crippen molar-refractivity contribution in [2.75, 3.05) is 6.61 Å². The number of hydrogen-bond donors (Lipinski definition) is 1. The quantitative estimate of drug-likeness (QED) is 0.163. The third-order valence-electron chi connectivity index (χ3n) is 7.04. The molecule has 0 heterocycles. The molecule has 0 saturated heterocycles. The lowest BCUT2D eigenvalue weighted by Gasteiger charge is -2.27. The molecule has 0 aromatic carbocycles. The number of aliphatic carboxylic acids is 1. The van der Waals surface area contributed by atoms with Gasteiger partial charge >= 0.3 is 17.9 Å². The van der Waals surface area contributed by atoms with E-state index in [4.69, 9.17) is 14.6 Å². The van der Waals surface area contributed by atoms with Crippen LogP contribution in [0.3, 0.4) is 0 Å². The molecule has 0 radical (unpaired) electrons. The van der Waals surface area contributed by atoms with E-state index in [1.165, 1.54) is 57.8 Å². The molecule has 206 valence electrons. The molecule has 0 aromatic heterocycles. The molecule has 1 aliphatic carbocycles. The van der Waals surface area contributed by atoms with Gasteiger partial charge in [0.05, 0.1) is 30.5 Å². The van der Waals surface area contributed by atoms with Gasteiger partial charge in [0, 0.05) is 0 Å². The van der Waals surface area contributed by atoms with E-state index < -0.39 is 17.8 Å². The zero-order chi connectivity index (χ0) is 26.5. The Morgan fingerprint density at radius 2 is 1.29 bits per heavy atom. The Hall–Kier alpha value is -1.59. The fourth-order valence-corrected chi connectivity index (χ4v) is 4.15. The molecule has 6 nitrogen and oxygen atoms in total. The lowest BCUT2D eigenvalue weighted by atomic mass is 9.79. The van der Waals surface area contributed by atoms with Crippen molar-refractivity contribution in [2.24, 2.45) is 17.8 Å². The first-order chi connectivity index (χ1) is 16.8. The number of rotatable bonds is 17. The lowest BCUT2D eigenvalue weighted by Crippen LogP contribution is -2.35. The number of ether oxygens (including phenoxy) is 2. The van der Waals surface area contributed by atoms with E-state index in [-0.39, 0.29) is 24.0 Å². The summed E-state index contributed by atoms with van der Waals surface area (Å²) < 4.78 is 10.4. The van der Waals surface area contributed by atoms with Gasteiger partial charge in [0.25, 0.3) is 0 Å². The summed E-state index contributed by atoms with van der Waals surface area (Å²) >= 11 is 0. The maximum absolute atomic E-state index is 11.8. The van der Waals surface area contributed by atoms with Crippen molar-refractivity contribution < 1.29 is 29.0 Å². The number of carbonyl (C=O) groups excluding carboxylic acids is 2. The van der Waals surface area contributed by atoms with Gasteiger partial charge in [-0.3, -0.25) is 14.4 Å². The van der Waals surface area contributed by atoms with E-state index >= 15 is 0 Å². The highest BCUT2D eigenvalue weighted by Gasteiger charge is 2.37. The van der Waals surface area contributed by atoms with Gasteiger partial charge in [-0.15, -0.1) is 0 Å². The van der Waals surface area contributed by atoms with Gasteiger partial charge in [0.15, 0.2) is 0 Å². The summed E-state index contributed by atoms with van der Waals surface area (Å²) in [6, 6.07) is 0. The van der Waals surface area contributed by atoms with Crippen molar-refractivity contribution in [1.82, 2.24) is 0 Å².